The molecule has 1 amide bonds. The van der Waals surface area contributed by atoms with Gasteiger partial charge in [-0.25, -0.2) is 0 Å². The summed E-state index contributed by atoms with van der Waals surface area (Å²) in [6, 6.07) is 24.7. The summed E-state index contributed by atoms with van der Waals surface area (Å²) in [7, 11) is 3.39. The Morgan fingerprint density at radius 2 is 1.57 bits per heavy atom. The first-order chi connectivity index (χ1) is 17.2. The van der Waals surface area contributed by atoms with Crippen LogP contribution in [0.1, 0.15) is 11.1 Å². The molecule has 1 fully saturated rings. The second-order valence-corrected chi connectivity index (χ2v) is 9.17. The summed E-state index contributed by atoms with van der Waals surface area (Å²) in [6.07, 6.45) is 1.48. The summed E-state index contributed by atoms with van der Waals surface area (Å²) in [5.74, 6) is 1.72. The van der Waals surface area contributed by atoms with Crippen LogP contribution in [-0.4, -0.2) is 52.3 Å². The SMILES string of the molecule is COc1ccccc1CCNC(=O)C1Cc2ccccc2N2CCN(c3ccccc3OC)CC12. The Morgan fingerprint density at radius 1 is 0.886 bits per heavy atom. The molecule has 6 heteroatoms. The molecule has 3 aromatic rings. The minimum Gasteiger partial charge on any atom is -0.496 e. The van der Waals surface area contributed by atoms with Gasteiger partial charge in [-0.2, -0.15) is 0 Å². The lowest BCUT2D eigenvalue weighted by Gasteiger charge is -2.49. The second-order valence-electron chi connectivity index (χ2n) is 9.17. The van der Waals surface area contributed by atoms with Gasteiger partial charge in [0.2, 0.25) is 5.91 Å². The number of anilines is 2. The lowest BCUT2D eigenvalue weighted by molar-refractivity contribution is -0.125. The molecule has 0 aliphatic carbocycles. The number of hydrogen-bond acceptors (Lipinski definition) is 5. The molecule has 2 heterocycles. The van der Waals surface area contributed by atoms with Crippen LogP contribution in [0.15, 0.2) is 72.8 Å². The van der Waals surface area contributed by atoms with Crippen molar-refractivity contribution in [1.82, 2.24) is 5.32 Å². The average Bonchev–Trinajstić information content (AvgIpc) is 2.92. The number of carbonyl (C=O) groups excluding carboxylic acids is 1. The Kier molecular flexibility index (Phi) is 6.80. The molecule has 6 nitrogen and oxygen atoms in total. The fourth-order valence-electron chi connectivity index (χ4n) is 5.53. The molecular weight excluding hydrogens is 438 g/mol. The van der Waals surface area contributed by atoms with Crippen molar-refractivity contribution in [3.63, 3.8) is 0 Å². The first kappa shape index (κ1) is 23.1. The zero-order chi connectivity index (χ0) is 24.2. The van der Waals surface area contributed by atoms with E-state index in [4.69, 9.17) is 9.47 Å². The standard InChI is InChI=1S/C29H33N3O3/c1-34-27-13-7-4-9-21(27)15-16-30-29(33)23-19-22-10-3-5-11-24(22)32-18-17-31(20-26(23)32)25-12-6-8-14-28(25)35-2/h3-14,23,26H,15-20H2,1-2H3,(H,30,33). The van der Waals surface area contributed by atoms with Crippen LogP contribution in [0.3, 0.4) is 0 Å². The number of amides is 1. The fourth-order valence-corrected chi connectivity index (χ4v) is 5.53. The third kappa shape index (κ3) is 4.65. The van der Waals surface area contributed by atoms with Crippen molar-refractivity contribution in [3.05, 3.63) is 83.9 Å². The van der Waals surface area contributed by atoms with E-state index in [2.05, 4.69) is 51.5 Å². The summed E-state index contributed by atoms with van der Waals surface area (Å²) in [4.78, 5) is 18.4. The Morgan fingerprint density at radius 3 is 2.37 bits per heavy atom. The maximum Gasteiger partial charge on any atom is 0.225 e. The molecule has 1 saturated heterocycles. The minimum absolute atomic E-state index is 0.0924. The molecule has 0 bridgehead atoms. The van der Waals surface area contributed by atoms with Crippen LogP contribution in [0, 0.1) is 5.92 Å². The van der Waals surface area contributed by atoms with E-state index in [1.165, 1.54) is 11.3 Å². The number of para-hydroxylation sites is 4. The summed E-state index contributed by atoms with van der Waals surface area (Å²) >= 11 is 0. The van der Waals surface area contributed by atoms with E-state index in [1.54, 1.807) is 14.2 Å². The molecule has 3 aromatic carbocycles. The Balaban J connectivity index is 1.35. The number of rotatable bonds is 7. The second kappa shape index (κ2) is 10.3. The number of piperazine rings is 1. The van der Waals surface area contributed by atoms with Crippen molar-refractivity contribution in [2.75, 3.05) is 50.2 Å². The average molecular weight is 472 g/mol. The summed E-state index contributed by atoms with van der Waals surface area (Å²) in [5, 5.41) is 3.23. The lowest BCUT2D eigenvalue weighted by Crippen LogP contribution is -2.61. The van der Waals surface area contributed by atoms with Gasteiger partial charge in [-0.1, -0.05) is 48.5 Å². The molecule has 5 rings (SSSR count). The van der Waals surface area contributed by atoms with Crippen LogP contribution in [-0.2, 0) is 17.6 Å². The maximum absolute atomic E-state index is 13.6. The number of methoxy groups -OCH3 is 2. The third-order valence-corrected chi connectivity index (χ3v) is 7.27. The van der Waals surface area contributed by atoms with Gasteiger partial charge in [0.15, 0.2) is 0 Å². The Bertz CT molecular complexity index is 1180. The molecule has 182 valence electrons. The molecule has 0 spiro atoms. The number of benzene rings is 3. The molecule has 1 N–H and O–H groups in total. The number of hydrogen-bond donors (Lipinski definition) is 1. The van der Waals surface area contributed by atoms with E-state index < -0.39 is 0 Å². The predicted octanol–water partition coefficient (Wildman–Crippen LogP) is 3.93. The van der Waals surface area contributed by atoms with Crippen molar-refractivity contribution >= 4 is 17.3 Å². The van der Waals surface area contributed by atoms with Crippen molar-refractivity contribution in [1.29, 1.82) is 0 Å². The van der Waals surface area contributed by atoms with Crippen molar-refractivity contribution in [2.45, 2.75) is 18.9 Å². The quantitative estimate of drug-likeness (QED) is 0.566. The zero-order valence-electron chi connectivity index (χ0n) is 20.4. The molecule has 2 unspecified atom stereocenters. The van der Waals surface area contributed by atoms with Gasteiger partial charge in [0, 0.05) is 31.9 Å². The van der Waals surface area contributed by atoms with Gasteiger partial charge in [-0.3, -0.25) is 4.79 Å². The van der Waals surface area contributed by atoms with Crippen LogP contribution in [0.5, 0.6) is 11.5 Å². The summed E-state index contributed by atoms with van der Waals surface area (Å²) in [6.45, 7) is 3.11. The van der Waals surface area contributed by atoms with Crippen molar-refractivity contribution in [3.8, 4) is 11.5 Å². The molecule has 2 atom stereocenters. The van der Waals surface area contributed by atoms with Crippen LogP contribution >= 0.6 is 0 Å². The van der Waals surface area contributed by atoms with E-state index >= 15 is 0 Å². The van der Waals surface area contributed by atoms with E-state index in [0.29, 0.717) is 6.54 Å². The van der Waals surface area contributed by atoms with Gasteiger partial charge < -0.3 is 24.6 Å². The normalized spacial score (nSPS) is 18.9. The van der Waals surface area contributed by atoms with Crippen LogP contribution < -0.4 is 24.6 Å². The van der Waals surface area contributed by atoms with E-state index in [1.807, 2.05) is 36.4 Å². The molecular formula is C29H33N3O3. The van der Waals surface area contributed by atoms with Gasteiger partial charge in [-0.15, -0.1) is 0 Å². The van der Waals surface area contributed by atoms with Crippen LogP contribution in [0.4, 0.5) is 11.4 Å². The van der Waals surface area contributed by atoms with Gasteiger partial charge in [-0.05, 0) is 48.2 Å². The number of ether oxygens (including phenoxy) is 2. The zero-order valence-corrected chi connectivity index (χ0v) is 20.4. The molecule has 0 aromatic heterocycles. The van der Waals surface area contributed by atoms with Crippen LogP contribution in [0.25, 0.3) is 0 Å². The topological polar surface area (TPSA) is 54.0 Å². The fraction of sp³-hybridized carbons (Fsp3) is 0.345. The predicted molar refractivity (Wildman–Crippen MR) is 140 cm³/mol. The smallest absolute Gasteiger partial charge is 0.225 e. The molecule has 35 heavy (non-hydrogen) atoms. The van der Waals surface area contributed by atoms with Crippen molar-refractivity contribution < 1.29 is 14.3 Å². The number of nitrogens with zero attached hydrogens (tertiary/aromatic N) is 2. The van der Waals surface area contributed by atoms with E-state index in [9.17, 15) is 4.79 Å². The number of carbonyl (C=O) groups is 1. The van der Waals surface area contributed by atoms with Crippen LogP contribution in [0.2, 0.25) is 0 Å². The number of fused-ring (bicyclic) bond motifs is 3. The minimum atomic E-state index is -0.125. The van der Waals surface area contributed by atoms with Gasteiger partial charge >= 0.3 is 0 Å². The Labute approximate surface area is 207 Å². The molecule has 2 aliphatic heterocycles. The van der Waals surface area contributed by atoms with Gasteiger partial charge in [0.25, 0.3) is 0 Å². The highest BCUT2D eigenvalue weighted by atomic mass is 16.5. The summed E-state index contributed by atoms with van der Waals surface area (Å²) in [5.41, 5.74) is 4.70. The monoisotopic (exact) mass is 471 g/mol. The molecule has 0 radical (unpaired) electrons. The first-order valence-corrected chi connectivity index (χ1v) is 12.3. The van der Waals surface area contributed by atoms with E-state index in [-0.39, 0.29) is 17.9 Å². The lowest BCUT2D eigenvalue weighted by atomic mass is 9.83. The van der Waals surface area contributed by atoms with E-state index in [0.717, 1.165) is 55.2 Å². The first-order valence-electron chi connectivity index (χ1n) is 12.3. The van der Waals surface area contributed by atoms with Gasteiger partial charge in [0.1, 0.15) is 11.5 Å². The Hall–Kier alpha value is -3.67. The molecule has 2 aliphatic rings. The maximum atomic E-state index is 13.6. The highest BCUT2D eigenvalue weighted by molar-refractivity contribution is 5.82. The highest BCUT2D eigenvalue weighted by Crippen LogP contribution is 2.38. The van der Waals surface area contributed by atoms with Crippen molar-refractivity contribution in [2.24, 2.45) is 5.92 Å². The van der Waals surface area contributed by atoms with Gasteiger partial charge in [0.05, 0.1) is 31.9 Å². The summed E-state index contributed by atoms with van der Waals surface area (Å²) < 4.78 is 11.1. The molecule has 0 saturated carbocycles. The number of nitrogens with one attached hydrogen (secondary N) is 1. The highest BCUT2D eigenvalue weighted by Gasteiger charge is 2.41. The largest absolute Gasteiger partial charge is 0.496 e. The third-order valence-electron chi connectivity index (χ3n) is 7.27.